The van der Waals surface area contributed by atoms with E-state index in [0.29, 0.717) is 6.54 Å². The molecule has 0 saturated carbocycles. The first-order valence-electron chi connectivity index (χ1n) is 5.61. The standard InChI is InChI=1S/C11H20N2O3/c1-7(2)8(9(14)15)13-10(16)11(3)4-5-12-6-11/h7-8,12H,4-6H2,1-3H3,(H,13,16)(H,14,15)/t8-,11?/m1/s1. The van der Waals surface area contributed by atoms with Gasteiger partial charge in [0, 0.05) is 6.54 Å². The molecule has 1 rings (SSSR count). The zero-order valence-corrected chi connectivity index (χ0v) is 10.0. The number of carboxylic acid groups (broad SMARTS) is 1. The minimum Gasteiger partial charge on any atom is -0.480 e. The SMILES string of the molecule is CC(C)[C@@H](NC(=O)C1(C)CCNC1)C(=O)O. The molecule has 0 bridgehead atoms. The number of carbonyl (C=O) groups is 2. The van der Waals surface area contributed by atoms with E-state index >= 15 is 0 Å². The number of hydrogen-bond donors (Lipinski definition) is 3. The van der Waals surface area contributed by atoms with Gasteiger partial charge in [0.05, 0.1) is 5.41 Å². The van der Waals surface area contributed by atoms with E-state index in [2.05, 4.69) is 10.6 Å². The first kappa shape index (κ1) is 13.0. The van der Waals surface area contributed by atoms with Crippen LogP contribution in [-0.4, -0.2) is 36.1 Å². The molecule has 0 aromatic rings. The zero-order chi connectivity index (χ0) is 12.3. The molecule has 0 aliphatic carbocycles. The highest BCUT2D eigenvalue weighted by Gasteiger charge is 2.38. The van der Waals surface area contributed by atoms with Gasteiger partial charge in [0.1, 0.15) is 6.04 Å². The summed E-state index contributed by atoms with van der Waals surface area (Å²) in [6.07, 6.45) is 0.753. The fourth-order valence-electron chi connectivity index (χ4n) is 1.84. The van der Waals surface area contributed by atoms with Crippen LogP contribution in [0.15, 0.2) is 0 Å². The molecule has 0 spiro atoms. The van der Waals surface area contributed by atoms with Crippen LogP contribution in [0.2, 0.25) is 0 Å². The highest BCUT2D eigenvalue weighted by molar-refractivity contribution is 5.87. The first-order valence-corrected chi connectivity index (χ1v) is 5.61. The average molecular weight is 228 g/mol. The minimum absolute atomic E-state index is 0.112. The largest absolute Gasteiger partial charge is 0.480 e. The summed E-state index contributed by atoms with van der Waals surface area (Å²) in [6, 6.07) is -0.801. The summed E-state index contributed by atoms with van der Waals surface area (Å²) >= 11 is 0. The zero-order valence-electron chi connectivity index (χ0n) is 10.0. The van der Waals surface area contributed by atoms with Crippen molar-refractivity contribution in [2.75, 3.05) is 13.1 Å². The van der Waals surface area contributed by atoms with Crippen molar-refractivity contribution >= 4 is 11.9 Å². The topological polar surface area (TPSA) is 78.4 Å². The number of hydrogen-bond acceptors (Lipinski definition) is 3. The van der Waals surface area contributed by atoms with Gasteiger partial charge in [-0.2, -0.15) is 0 Å². The number of aliphatic carboxylic acids is 1. The monoisotopic (exact) mass is 228 g/mol. The molecule has 92 valence electrons. The van der Waals surface area contributed by atoms with Gasteiger partial charge in [-0.3, -0.25) is 4.79 Å². The Labute approximate surface area is 95.6 Å². The third-order valence-corrected chi connectivity index (χ3v) is 3.14. The Morgan fingerprint density at radius 2 is 2.06 bits per heavy atom. The highest BCUT2D eigenvalue weighted by atomic mass is 16.4. The molecule has 16 heavy (non-hydrogen) atoms. The second kappa shape index (κ2) is 4.82. The van der Waals surface area contributed by atoms with Gasteiger partial charge in [-0.05, 0) is 25.8 Å². The molecular formula is C11H20N2O3. The van der Waals surface area contributed by atoms with E-state index in [4.69, 9.17) is 5.11 Å². The lowest BCUT2D eigenvalue weighted by molar-refractivity contribution is -0.144. The molecule has 0 radical (unpaired) electrons. The third kappa shape index (κ3) is 2.72. The van der Waals surface area contributed by atoms with Crippen LogP contribution in [0.4, 0.5) is 0 Å². The quantitative estimate of drug-likeness (QED) is 0.643. The summed E-state index contributed by atoms with van der Waals surface area (Å²) < 4.78 is 0. The molecule has 3 N–H and O–H groups in total. The summed E-state index contributed by atoms with van der Waals surface area (Å²) in [4.78, 5) is 22.9. The van der Waals surface area contributed by atoms with Crippen LogP contribution >= 0.6 is 0 Å². The summed E-state index contributed by atoms with van der Waals surface area (Å²) in [6.45, 7) is 6.86. The predicted octanol–water partition coefficient (Wildman–Crippen LogP) is 0.211. The van der Waals surface area contributed by atoms with Crippen molar-refractivity contribution in [2.45, 2.75) is 33.2 Å². The molecule has 0 aromatic heterocycles. The molecule has 1 aliphatic heterocycles. The van der Waals surface area contributed by atoms with E-state index < -0.39 is 17.4 Å². The summed E-state index contributed by atoms with van der Waals surface area (Å²) in [5.41, 5.74) is -0.470. The number of rotatable bonds is 4. The van der Waals surface area contributed by atoms with Crippen LogP contribution < -0.4 is 10.6 Å². The van der Waals surface area contributed by atoms with Gasteiger partial charge >= 0.3 is 5.97 Å². The Balaban J connectivity index is 2.65. The maximum atomic E-state index is 12.0. The van der Waals surface area contributed by atoms with Crippen molar-refractivity contribution < 1.29 is 14.7 Å². The van der Waals surface area contributed by atoms with E-state index in [1.807, 2.05) is 6.92 Å². The van der Waals surface area contributed by atoms with Crippen molar-refractivity contribution in [1.29, 1.82) is 0 Å². The van der Waals surface area contributed by atoms with Crippen LogP contribution in [0.3, 0.4) is 0 Å². The Morgan fingerprint density at radius 3 is 2.44 bits per heavy atom. The van der Waals surface area contributed by atoms with E-state index in [1.165, 1.54) is 0 Å². The molecule has 2 atom stereocenters. The van der Waals surface area contributed by atoms with Gasteiger partial charge in [-0.1, -0.05) is 13.8 Å². The van der Waals surface area contributed by atoms with Crippen LogP contribution in [0, 0.1) is 11.3 Å². The van der Waals surface area contributed by atoms with E-state index in [1.54, 1.807) is 13.8 Å². The maximum absolute atomic E-state index is 12.0. The molecule has 0 aromatic carbocycles. The molecule has 1 amide bonds. The lowest BCUT2D eigenvalue weighted by Crippen LogP contribution is -2.50. The van der Waals surface area contributed by atoms with Crippen LogP contribution in [-0.2, 0) is 9.59 Å². The predicted molar refractivity (Wildman–Crippen MR) is 60.0 cm³/mol. The summed E-state index contributed by atoms with van der Waals surface area (Å²) in [5, 5.41) is 14.7. The lowest BCUT2D eigenvalue weighted by atomic mass is 9.88. The molecule has 5 heteroatoms. The Bertz CT molecular complexity index is 283. The Kier molecular flexibility index (Phi) is 3.91. The lowest BCUT2D eigenvalue weighted by Gasteiger charge is -2.26. The molecular weight excluding hydrogens is 208 g/mol. The molecule has 5 nitrogen and oxygen atoms in total. The second-order valence-electron chi connectivity index (χ2n) is 5.02. The third-order valence-electron chi connectivity index (χ3n) is 3.14. The van der Waals surface area contributed by atoms with Crippen molar-refractivity contribution in [3.63, 3.8) is 0 Å². The minimum atomic E-state index is -0.974. The van der Waals surface area contributed by atoms with Crippen molar-refractivity contribution in [1.82, 2.24) is 10.6 Å². The second-order valence-corrected chi connectivity index (χ2v) is 5.02. The van der Waals surface area contributed by atoms with E-state index in [9.17, 15) is 9.59 Å². The molecule has 1 unspecified atom stereocenters. The molecule has 1 heterocycles. The van der Waals surface area contributed by atoms with Crippen LogP contribution in [0.5, 0.6) is 0 Å². The van der Waals surface area contributed by atoms with Gasteiger partial charge < -0.3 is 15.7 Å². The fourth-order valence-corrected chi connectivity index (χ4v) is 1.84. The fraction of sp³-hybridized carbons (Fsp3) is 0.818. The van der Waals surface area contributed by atoms with Gasteiger partial charge in [0.15, 0.2) is 0 Å². The number of carbonyl (C=O) groups excluding carboxylic acids is 1. The smallest absolute Gasteiger partial charge is 0.326 e. The van der Waals surface area contributed by atoms with Gasteiger partial charge in [-0.25, -0.2) is 4.79 Å². The number of amides is 1. The normalized spacial score (nSPS) is 26.8. The number of carboxylic acids is 1. The molecule has 1 fully saturated rings. The van der Waals surface area contributed by atoms with E-state index in [0.717, 1.165) is 13.0 Å². The van der Waals surface area contributed by atoms with Crippen LogP contribution in [0.1, 0.15) is 27.2 Å². The summed E-state index contributed by atoms with van der Waals surface area (Å²) in [7, 11) is 0. The van der Waals surface area contributed by atoms with Gasteiger partial charge in [0.25, 0.3) is 0 Å². The van der Waals surface area contributed by atoms with Crippen LogP contribution in [0.25, 0.3) is 0 Å². The van der Waals surface area contributed by atoms with Crippen molar-refractivity contribution in [3.8, 4) is 0 Å². The van der Waals surface area contributed by atoms with Gasteiger partial charge in [0.2, 0.25) is 5.91 Å². The van der Waals surface area contributed by atoms with Crippen molar-refractivity contribution in [3.05, 3.63) is 0 Å². The molecule has 1 aliphatic rings. The average Bonchev–Trinajstić information content (AvgIpc) is 2.61. The summed E-state index contributed by atoms with van der Waals surface area (Å²) in [5.74, 6) is -1.25. The Morgan fingerprint density at radius 1 is 1.44 bits per heavy atom. The van der Waals surface area contributed by atoms with Gasteiger partial charge in [-0.15, -0.1) is 0 Å². The Hall–Kier alpha value is -1.10. The first-order chi connectivity index (χ1) is 7.37. The van der Waals surface area contributed by atoms with E-state index in [-0.39, 0.29) is 11.8 Å². The highest BCUT2D eigenvalue weighted by Crippen LogP contribution is 2.24. The number of nitrogens with one attached hydrogen (secondary N) is 2. The molecule has 1 saturated heterocycles. The van der Waals surface area contributed by atoms with Crippen molar-refractivity contribution in [2.24, 2.45) is 11.3 Å². The maximum Gasteiger partial charge on any atom is 0.326 e.